The maximum absolute atomic E-state index is 12.5. The van der Waals surface area contributed by atoms with Crippen molar-refractivity contribution < 1.29 is 19.4 Å². The first-order valence-electron chi connectivity index (χ1n) is 7.56. The van der Waals surface area contributed by atoms with Crippen molar-refractivity contribution in [1.29, 1.82) is 0 Å². The van der Waals surface area contributed by atoms with Gasteiger partial charge >= 0.3 is 5.97 Å². The average molecular weight is 318 g/mol. The summed E-state index contributed by atoms with van der Waals surface area (Å²) >= 11 is 0. The Kier molecular flexibility index (Phi) is 4.93. The number of aryl methyl sites for hydroxylation is 1. The molecule has 0 radical (unpaired) electrons. The third-order valence-corrected chi connectivity index (χ3v) is 4.25. The van der Waals surface area contributed by atoms with Crippen molar-refractivity contribution in [1.82, 2.24) is 9.88 Å². The molecular formula is C17H22N2O4. The molecule has 0 aliphatic heterocycles. The number of amides is 1. The fourth-order valence-corrected chi connectivity index (χ4v) is 2.57. The maximum atomic E-state index is 12.5. The predicted molar refractivity (Wildman–Crippen MR) is 87.8 cm³/mol. The van der Waals surface area contributed by atoms with Crippen molar-refractivity contribution in [3.8, 4) is 5.75 Å². The van der Waals surface area contributed by atoms with Gasteiger partial charge in [0, 0.05) is 18.0 Å². The first-order valence-corrected chi connectivity index (χ1v) is 7.56. The van der Waals surface area contributed by atoms with E-state index in [-0.39, 0.29) is 5.92 Å². The second-order valence-corrected chi connectivity index (χ2v) is 5.69. The molecule has 0 bridgehead atoms. The van der Waals surface area contributed by atoms with Gasteiger partial charge in [0.1, 0.15) is 17.5 Å². The SMILES string of the molecule is CCC(C)C(NC(=O)c1cc2cc(OC)ccc2n1C)C(=O)O. The number of rotatable bonds is 6. The molecule has 0 spiro atoms. The van der Waals surface area contributed by atoms with Crippen LogP contribution in [-0.4, -0.2) is 34.7 Å². The number of aliphatic carboxylic acids is 1. The summed E-state index contributed by atoms with van der Waals surface area (Å²) in [5.41, 5.74) is 1.30. The first-order chi connectivity index (χ1) is 10.9. The van der Waals surface area contributed by atoms with Crippen molar-refractivity contribution >= 4 is 22.8 Å². The number of carboxylic acid groups (broad SMARTS) is 1. The van der Waals surface area contributed by atoms with Gasteiger partial charge in [-0.2, -0.15) is 0 Å². The minimum absolute atomic E-state index is 0.147. The van der Waals surface area contributed by atoms with E-state index in [9.17, 15) is 14.7 Å². The standard InChI is InChI=1S/C17H22N2O4/c1-5-10(2)15(17(21)22)18-16(20)14-9-11-8-12(23-4)6-7-13(11)19(14)3/h6-10,15H,5H2,1-4H3,(H,18,20)(H,21,22). The van der Waals surface area contributed by atoms with E-state index in [2.05, 4.69) is 5.32 Å². The summed E-state index contributed by atoms with van der Waals surface area (Å²) in [6, 6.07) is 6.37. The van der Waals surface area contributed by atoms with Crippen molar-refractivity contribution in [2.24, 2.45) is 13.0 Å². The summed E-state index contributed by atoms with van der Waals surface area (Å²) in [5, 5.41) is 12.8. The summed E-state index contributed by atoms with van der Waals surface area (Å²) in [6.45, 7) is 3.71. The van der Waals surface area contributed by atoms with Crippen LogP contribution in [0.15, 0.2) is 24.3 Å². The van der Waals surface area contributed by atoms with Gasteiger partial charge in [-0.15, -0.1) is 0 Å². The summed E-state index contributed by atoms with van der Waals surface area (Å²) in [5.74, 6) is -0.854. The summed E-state index contributed by atoms with van der Waals surface area (Å²) < 4.78 is 6.94. The summed E-state index contributed by atoms with van der Waals surface area (Å²) in [6.07, 6.45) is 0.670. The highest BCUT2D eigenvalue weighted by molar-refractivity contribution is 6.00. The molecule has 6 heteroatoms. The molecule has 1 aromatic carbocycles. The van der Waals surface area contributed by atoms with E-state index < -0.39 is 17.9 Å². The Morgan fingerprint density at radius 3 is 2.61 bits per heavy atom. The molecule has 1 aromatic heterocycles. The molecule has 23 heavy (non-hydrogen) atoms. The van der Waals surface area contributed by atoms with Crippen molar-refractivity contribution in [2.75, 3.05) is 7.11 Å². The number of nitrogens with one attached hydrogen (secondary N) is 1. The minimum Gasteiger partial charge on any atom is -0.497 e. The van der Waals surface area contributed by atoms with Crippen molar-refractivity contribution in [2.45, 2.75) is 26.3 Å². The van der Waals surface area contributed by atoms with Gasteiger partial charge in [-0.25, -0.2) is 4.79 Å². The Hall–Kier alpha value is -2.50. The van der Waals surface area contributed by atoms with Crippen LogP contribution in [-0.2, 0) is 11.8 Å². The molecule has 124 valence electrons. The van der Waals surface area contributed by atoms with Gasteiger partial charge < -0.3 is 19.7 Å². The lowest BCUT2D eigenvalue weighted by Gasteiger charge is -2.20. The van der Waals surface area contributed by atoms with E-state index in [1.165, 1.54) is 0 Å². The topological polar surface area (TPSA) is 80.6 Å². The highest BCUT2D eigenvalue weighted by atomic mass is 16.5. The lowest BCUT2D eigenvalue weighted by atomic mass is 9.99. The van der Waals surface area contributed by atoms with Crippen LogP contribution < -0.4 is 10.1 Å². The zero-order valence-electron chi connectivity index (χ0n) is 13.8. The molecule has 0 fully saturated rings. The number of carbonyl (C=O) groups is 2. The lowest BCUT2D eigenvalue weighted by Crippen LogP contribution is -2.45. The molecule has 1 heterocycles. The second-order valence-electron chi connectivity index (χ2n) is 5.69. The molecule has 0 saturated heterocycles. The molecule has 0 saturated carbocycles. The number of hydrogen-bond acceptors (Lipinski definition) is 3. The molecule has 2 N–H and O–H groups in total. The van der Waals surface area contributed by atoms with Crippen LogP contribution in [0, 0.1) is 5.92 Å². The van der Waals surface area contributed by atoms with E-state index in [0.29, 0.717) is 17.9 Å². The average Bonchev–Trinajstić information content (AvgIpc) is 2.87. The largest absolute Gasteiger partial charge is 0.497 e. The molecule has 0 aliphatic carbocycles. The number of nitrogens with zero attached hydrogens (tertiary/aromatic N) is 1. The number of carbonyl (C=O) groups excluding carboxylic acids is 1. The Balaban J connectivity index is 2.33. The van der Waals surface area contributed by atoms with Gasteiger partial charge in [0.05, 0.1) is 7.11 Å². The third-order valence-electron chi connectivity index (χ3n) is 4.25. The second kappa shape index (κ2) is 6.73. The minimum atomic E-state index is -1.02. The fourth-order valence-electron chi connectivity index (χ4n) is 2.57. The maximum Gasteiger partial charge on any atom is 0.326 e. The zero-order chi connectivity index (χ0) is 17.1. The number of fused-ring (bicyclic) bond motifs is 1. The molecule has 1 amide bonds. The van der Waals surface area contributed by atoms with Crippen LogP contribution >= 0.6 is 0 Å². The van der Waals surface area contributed by atoms with Gasteiger partial charge in [0.2, 0.25) is 0 Å². The van der Waals surface area contributed by atoms with Crippen LogP contribution in [0.1, 0.15) is 30.8 Å². The van der Waals surface area contributed by atoms with Gasteiger partial charge in [0.15, 0.2) is 0 Å². The quantitative estimate of drug-likeness (QED) is 0.857. The van der Waals surface area contributed by atoms with Crippen molar-refractivity contribution in [3.63, 3.8) is 0 Å². The van der Waals surface area contributed by atoms with E-state index >= 15 is 0 Å². The molecule has 6 nitrogen and oxygen atoms in total. The van der Waals surface area contributed by atoms with Gasteiger partial charge in [-0.1, -0.05) is 20.3 Å². The summed E-state index contributed by atoms with van der Waals surface area (Å²) in [4.78, 5) is 23.9. The van der Waals surface area contributed by atoms with Crippen LogP contribution in [0.2, 0.25) is 0 Å². The zero-order valence-corrected chi connectivity index (χ0v) is 13.8. The lowest BCUT2D eigenvalue weighted by molar-refractivity contribution is -0.140. The van der Waals surface area contributed by atoms with E-state index in [4.69, 9.17) is 4.74 Å². The molecule has 2 aromatic rings. The fraction of sp³-hybridized carbons (Fsp3) is 0.412. The third kappa shape index (κ3) is 3.31. The number of ether oxygens (including phenoxy) is 1. The number of carboxylic acids is 1. The number of hydrogen-bond donors (Lipinski definition) is 2. The van der Waals surface area contributed by atoms with Crippen LogP contribution in [0.4, 0.5) is 0 Å². The summed E-state index contributed by atoms with van der Waals surface area (Å²) in [7, 11) is 3.37. The van der Waals surface area contributed by atoms with Crippen molar-refractivity contribution in [3.05, 3.63) is 30.0 Å². The van der Waals surface area contributed by atoms with Crippen LogP contribution in [0.3, 0.4) is 0 Å². The van der Waals surface area contributed by atoms with Crippen LogP contribution in [0.5, 0.6) is 5.75 Å². The van der Waals surface area contributed by atoms with E-state index in [1.807, 2.05) is 32.0 Å². The predicted octanol–water partition coefficient (Wildman–Crippen LogP) is 2.42. The number of aromatic nitrogens is 1. The Bertz CT molecular complexity index is 736. The van der Waals surface area contributed by atoms with Gasteiger partial charge in [-0.05, 0) is 30.2 Å². The Morgan fingerprint density at radius 2 is 2.04 bits per heavy atom. The highest BCUT2D eigenvalue weighted by Crippen LogP contribution is 2.24. The Morgan fingerprint density at radius 1 is 1.35 bits per heavy atom. The van der Waals surface area contributed by atoms with Gasteiger partial charge in [-0.3, -0.25) is 4.79 Å². The van der Waals surface area contributed by atoms with E-state index in [0.717, 1.165) is 10.9 Å². The highest BCUT2D eigenvalue weighted by Gasteiger charge is 2.26. The number of benzene rings is 1. The Labute approximate surface area is 135 Å². The normalized spacial score (nSPS) is 13.6. The molecule has 0 aliphatic rings. The number of methoxy groups -OCH3 is 1. The monoisotopic (exact) mass is 318 g/mol. The van der Waals surface area contributed by atoms with Gasteiger partial charge in [0.25, 0.3) is 5.91 Å². The molecule has 2 atom stereocenters. The smallest absolute Gasteiger partial charge is 0.326 e. The first kappa shape index (κ1) is 16.9. The molecular weight excluding hydrogens is 296 g/mol. The van der Waals surface area contributed by atoms with E-state index in [1.54, 1.807) is 24.8 Å². The van der Waals surface area contributed by atoms with Crippen LogP contribution in [0.25, 0.3) is 10.9 Å². The molecule has 2 rings (SSSR count). The molecule has 2 unspecified atom stereocenters.